The second kappa shape index (κ2) is 3.81. The van der Waals surface area contributed by atoms with Gasteiger partial charge in [0.15, 0.2) is 0 Å². The second-order valence-corrected chi connectivity index (χ2v) is 2.88. The van der Waals surface area contributed by atoms with Crippen molar-refractivity contribution in [3.8, 4) is 0 Å². The van der Waals surface area contributed by atoms with Gasteiger partial charge in [-0.2, -0.15) is 0 Å². The molecule has 0 aliphatic rings. The van der Waals surface area contributed by atoms with E-state index in [0.29, 0.717) is 6.54 Å². The van der Waals surface area contributed by atoms with Gasteiger partial charge >= 0.3 is 6.30 Å². The van der Waals surface area contributed by atoms with Gasteiger partial charge in [0.05, 0.1) is 6.54 Å². The Morgan fingerprint density at radius 2 is 2.08 bits per heavy atom. The van der Waals surface area contributed by atoms with E-state index >= 15 is 0 Å². The topological polar surface area (TPSA) is 8.81 Å². The molecule has 1 aromatic heterocycles. The van der Waals surface area contributed by atoms with Crippen molar-refractivity contribution < 1.29 is 17.7 Å². The molecule has 1 rings (SSSR count). The zero-order valence-electron chi connectivity index (χ0n) is 7.38. The Hall–Kier alpha value is -1.00. The standard InChI is InChI=1S/C8H12F3N2/c1-2-3-4-12-5-6-13(7-12)8(9,10)11/h5-7H,2-4H2,1H3/q+1. The lowest BCUT2D eigenvalue weighted by Crippen LogP contribution is -2.31. The Morgan fingerprint density at radius 1 is 1.38 bits per heavy atom. The summed E-state index contributed by atoms with van der Waals surface area (Å²) < 4.78 is 38.0. The van der Waals surface area contributed by atoms with Crippen LogP contribution in [0.25, 0.3) is 0 Å². The zero-order chi connectivity index (χ0) is 9.90. The number of nitrogens with zero attached hydrogens (tertiary/aromatic N) is 2. The molecule has 0 spiro atoms. The Morgan fingerprint density at radius 3 is 2.54 bits per heavy atom. The lowest BCUT2D eigenvalue weighted by Gasteiger charge is -1.98. The Balaban J connectivity index is 2.64. The van der Waals surface area contributed by atoms with Crippen molar-refractivity contribution in [2.45, 2.75) is 32.6 Å². The molecule has 0 saturated heterocycles. The quantitative estimate of drug-likeness (QED) is 0.650. The van der Waals surface area contributed by atoms with E-state index in [9.17, 15) is 13.2 Å². The first-order chi connectivity index (χ1) is 6.04. The number of aryl methyl sites for hydroxylation is 1. The van der Waals surface area contributed by atoms with Gasteiger partial charge in [-0.25, -0.2) is 4.57 Å². The van der Waals surface area contributed by atoms with Gasteiger partial charge in [-0.15, -0.1) is 17.7 Å². The number of hydrogen-bond donors (Lipinski definition) is 0. The molecular weight excluding hydrogens is 181 g/mol. The van der Waals surface area contributed by atoms with Gasteiger partial charge < -0.3 is 0 Å². The zero-order valence-corrected chi connectivity index (χ0v) is 7.38. The van der Waals surface area contributed by atoms with E-state index in [1.807, 2.05) is 6.92 Å². The van der Waals surface area contributed by atoms with E-state index in [2.05, 4.69) is 0 Å². The van der Waals surface area contributed by atoms with E-state index in [1.165, 1.54) is 10.8 Å². The molecule has 0 saturated carbocycles. The molecule has 0 aliphatic carbocycles. The first-order valence-corrected chi connectivity index (χ1v) is 4.18. The molecule has 0 aliphatic heterocycles. The largest absolute Gasteiger partial charge is 0.567 e. The molecule has 0 fully saturated rings. The van der Waals surface area contributed by atoms with Gasteiger partial charge in [0, 0.05) is 0 Å². The van der Waals surface area contributed by atoms with Crippen LogP contribution in [0.1, 0.15) is 19.8 Å². The van der Waals surface area contributed by atoms with Crippen LogP contribution < -0.4 is 4.57 Å². The maximum Gasteiger partial charge on any atom is 0.567 e. The molecule has 13 heavy (non-hydrogen) atoms. The third kappa shape index (κ3) is 2.75. The summed E-state index contributed by atoms with van der Waals surface area (Å²) in [4.78, 5) is 0. The molecule has 0 radical (unpaired) electrons. The molecule has 74 valence electrons. The molecule has 5 heteroatoms. The molecule has 1 heterocycles. The molecule has 0 amide bonds. The predicted molar refractivity (Wildman–Crippen MR) is 40.8 cm³/mol. The Kier molecular flexibility index (Phi) is 2.95. The summed E-state index contributed by atoms with van der Waals surface area (Å²) in [5, 5.41) is 0. The maximum atomic E-state index is 12.1. The number of hydrogen-bond acceptors (Lipinski definition) is 0. The fourth-order valence-electron chi connectivity index (χ4n) is 1.02. The number of alkyl halides is 3. The van der Waals surface area contributed by atoms with Crippen LogP contribution in [0.15, 0.2) is 18.7 Å². The van der Waals surface area contributed by atoms with Crippen LogP contribution in [0, 0.1) is 0 Å². The normalized spacial score (nSPS) is 12.0. The summed E-state index contributed by atoms with van der Waals surface area (Å²) in [5.74, 6) is 0. The van der Waals surface area contributed by atoms with E-state index in [0.717, 1.165) is 25.4 Å². The first kappa shape index (κ1) is 10.1. The van der Waals surface area contributed by atoms with Crippen molar-refractivity contribution in [2.75, 3.05) is 0 Å². The van der Waals surface area contributed by atoms with Crippen LogP contribution in [0.3, 0.4) is 0 Å². The molecule has 2 nitrogen and oxygen atoms in total. The van der Waals surface area contributed by atoms with Crippen molar-refractivity contribution in [1.29, 1.82) is 0 Å². The number of aromatic nitrogens is 2. The number of rotatable bonds is 3. The van der Waals surface area contributed by atoms with Gasteiger partial charge in [0.1, 0.15) is 12.4 Å². The summed E-state index contributed by atoms with van der Waals surface area (Å²) in [7, 11) is 0. The molecule has 0 atom stereocenters. The van der Waals surface area contributed by atoms with Crippen molar-refractivity contribution in [2.24, 2.45) is 0 Å². The highest BCUT2D eigenvalue weighted by Gasteiger charge is 2.37. The van der Waals surface area contributed by atoms with Gasteiger partial charge in [-0.05, 0) is 6.42 Å². The smallest absolute Gasteiger partial charge is 0.237 e. The van der Waals surface area contributed by atoms with Crippen LogP contribution in [0.2, 0.25) is 0 Å². The van der Waals surface area contributed by atoms with E-state index in [4.69, 9.17) is 0 Å². The molecule has 0 unspecified atom stereocenters. The number of imidazole rings is 1. The SMILES string of the molecule is CCCC[n+]1ccn(C(F)(F)F)c1. The Bertz CT molecular complexity index is 265. The van der Waals surface area contributed by atoms with Crippen LogP contribution in [-0.4, -0.2) is 4.57 Å². The molecule has 0 N–H and O–H groups in total. The molecule has 1 aromatic rings. The maximum absolute atomic E-state index is 12.1. The van der Waals surface area contributed by atoms with E-state index in [1.54, 1.807) is 0 Å². The van der Waals surface area contributed by atoms with Crippen LogP contribution in [0.4, 0.5) is 13.2 Å². The van der Waals surface area contributed by atoms with E-state index < -0.39 is 6.30 Å². The van der Waals surface area contributed by atoms with Crippen molar-refractivity contribution >= 4 is 0 Å². The van der Waals surface area contributed by atoms with Gasteiger partial charge in [0.2, 0.25) is 0 Å². The fraction of sp³-hybridized carbons (Fsp3) is 0.625. The monoisotopic (exact) mass is 193 g/mol. The van der Waals surface area contributed by atoms with Gasteiger partial charge in [-0.1, -0.05) is 13.3 Å². The van der Waals surface area contributed by atoms with Crippen LogP contribution in [-0.2, 0) is 12.8 Å². The van der Waals surface area contributed by atoms with Gasteiger partial charge in [0.25, 0.3) is 6.33 Å². The summed E-state index contributed by atoms with van der Waals surface area (Å²) in [6, 6.07) is 0. The van der Waals surface area contributed by atoms with Crippen molar-refractivity contribution in [1.82, 2.24) is 4.57 Å². The lowest BCUT2D eigenvalue weighted by atomic mass is 10.3. The average molecular weight is 193 g/mol. The highest BCUT2D eigenvalue weighted by molar-refractivity contribution is 4.68. The molecule has 0 aromatic carbocycles. The predicted octanol–water partition coefficient (Wildman–Crippen LogP) is 2.05. The summed E-state index contributed by atoms with van der Waals surface area (Å²) in [5.41, 5.74) is 0. The summed E-state index contributed by atoms with van der Waals surface area (Å²) >= 11 is 0. The highest BCUT2D eigenvalue weighted by Crippen LogP contribution is 2.20. The minimum atomic E-state index is -4.29. The minimum absolute atomic E-state index is 0.253. The highest BCUT2D eigenvalue weighted by atomic mass is 19.4. The third-order valence-electron chi connectivity index (χ3n) is 1.75. The third-order valence-corrected chi connectivity index (χ3v) is 1.75. The Labute approximate surface area is 74.6 Å². The van der Waals surface area contributed by atoms with Crippen molar-refractivity contribution in [3.63, 3.8) is 0 Å². The summed E-state index contributed by atoms with van der Waals surface area (Å²) in [6.45, 7) is 2.64. The lowest BCUT2D eigenvalue weighted by molar-refractivity contribution is -0.697. The first-order valence-electron chi connectivity index (χ1n) is 4.18. The fourth-order valence-corrected chi connectivity index (χ4v) is 1.02. The average Bonchev–Trinajstić information content (AvgIpc) is 2.47. The molecule has 0 bridgehead atoms. The van der Waals surface area contributed by atoms with Gasteiger partial charge in [-0.3, -0.25) is 0 Å². The minimum Gasteiger partial charge on any atom is -0.237 e. The van der Waals surface area contributed by atoms with E-state index in [-0.39, 0.29) is 4.57 Å². The second-order valence-electron chi connectivity index (χ2n) is 2.88. The number of halogens is 3. The molecular formula is C8H12F3N2+. The number of unbranched alkanes of at least 4 members (excludes halogenated alkanes) is 1. The summed E-state index contributed by atoms with van der Waals surface area (Å²) in [6.07, 6.45) is 1.10. The van der Waals surface area contributed by atoms with Crippen molar-refractivity contribution in [3.05, 3.63) is 18.7 Å². The van der Waals surface area contributed by atoms with Crippen LogP contribution >= 0.6 is 0 Å². The van der Waals surface area contributed by atoms with Crippen LogP contribution in [0.5, 0.6) is 0 Å².